The first-order valence-corrected chi connectivity index (χ1v) is 9.75. The van der Waals surface area contributed by atoms with Gasteiger partial charge < -0.3 is 14.9 Å². The number of likely N-dealkylation sites (N-methyl/N-ethyl adjacent to an activating group) is 1. The van der Waals surface area contributed by atoms with Gasteiger partial charge in [-0.15, -0.1) is 23.7 Å². The molecule has 0 saturated heterocycles. The van der Waals surface area contributed by atoms with Crippen LogP contribution in [0.5, 0.6) is 0 Å². The van der Waals surface area contributed by atoms with Gasteiger partial charge in [-0.25, -0.2) is 0 Å². The molecule has 0 bridgehead atoms. The molecule has 1 heterocycles. The Morgan fingerprint density at radius 3 is 2.07 bits per heavy atom. The second kappa shape index (κ2) is 9.85. The lowest BCUT2D eigenvalue weighted by Gasteiger charge is -2.34. The van der Waals surface area contributed by atoms with E-state index in [1.165, 1.54) is 11.3 Å². The maximum atomic E-state index is 13.7. The van der Waals surface area contributed by atoms with Crippen molar-refractivity contribution in [3.05, 3.63) is 88.6 Å². The van der Waals surface area contributed by atoms with Crippen molar-refractivity contribution in [3.8, 4) is 0 Å². The number of hydrogen-bond acceptors (Lipinski definition) is 4. The number of carbonyl (C=O) groups excluding carboxylic acids is 1. The van der Waals surface area contributed by atoms with Gasteiger partial charge in [0, 0.05) is 18.8 Å². The number of carbonyl (C=O) groups is 1. The highest BCUT2D eigenvalue weighted by Crippen LogP contribution is 2.36. The summed E-state index contributed by atoms with van der Waals surface area (Å²) in [6.07, 6.45) is 0. The minimum Gasteiger partial charge on any atom is -0.371 e. The summed E-state index contributed by atoms with van der Waals surface area (Å²) in [5.74, 6) is -0.343. The van der Waals surface area contributed by atoms with Crippen LogP contribution in [0, 0.1) is 0 Å². The van der Waals surface area contributed by atoms with E-state index in [1.807, 2.05) is 85.0 Å². The average Bonchev–Trinajstić information content (AvgIpc) is 3.24. The third-order valence-electron chi connectivity index (χ3n) is 4.46. The fraction of sp³-hybridized carbons (Fsp3) is 0.227. The number of anilines is 1. The summed E-state index contributed by atoms with van der Waals surface area (Å²) < 4.78 is 0. The maximum Gasteiger partial charge on any atom is 0.269 e. The van der Waals surface area contributed by atoms with Gasteiger partial charge in [0.1, 0.15) is 0 Å². The summed E-state index contributed by atoms with van der Waals surface area (Å²) >= 11 is 1.38. The molecular weight excluding hydrogens is 392 g/mol. The van der Waals surface area contributed by atoms with Crippen LogP contribution in [0.3, 0.4) is 0 Å². The van der Waals surface area contributed by atoms with Crippen molar-refractivity contribution in [2.75, 3.05) is 32.1 Å². The summed E-state index contributed by atoms with van der Waals surface area (Å²) in [5, 5.41) is 13.6. The number of para-hydroxylation sites is 1. The van der Waals surface area contributed by atoms with E-state index in [2.05, 4.69) is 0 Å². The molecule has 4 nitrogen and oxygen atoms in total. The molecule has 0 aliphatic carbocycles. The molecule has 1 atom stereocenters. The highest BCUT2D eigenvalue weighted by molar-refractivity contribution is 7.10. The average molecular weight is 417 g/mol. The smallest absolute Gasteiger partial charge is 0.269 e. The van der Waals surface area contributed by atoms with Crippen molar-refractivity contribution in [3.63, 3.8) is 0 Å². The lowest BCUT2D eigenvalue weighted by atomic mass is 9.90. The largest absolute Gasteiger partial charge is 0.371 e. The molecule has 3 rings (SSSR count). The molecule has 0 aliphatic rings. The summed E-state index contributed by atoms with van der Waals surface area (Å²) in [5.41, 5.74) is -0.379. The Kier molecular flexibility index (Phi) is 7.78. The van der Waals surface area contributed by atoms with Gasteiger partial charge in [0.25, 0.3) is 5.91 Å². The van der Waals surface area contributed by atoms with Gasteiger partial charge >= 0.3 is 0 Å². The Bertz CT molecular complexity index is 857. The topological polar surface area (TPSA) is 43.8 Å². The number of halogens is 1. The molecule has 2 aromatic carbocycles. The summed E-state index contributed by atoms with van der Waals surface area (Å²) in [4.78, 5) is 18.1. The molecule has 28 heavy (non-hydrogen) atoms. The number of amides is 1. The SMILES string of the molecule is CN(C)CCN(C(=O)C(O)(c1ccccc1)c1cccs1)c1ccccc1.Cl. The number of rotatable bonds is 7. The molecule has 1 amide bonds. The Hall–Kier alpha value is -2.18. The van der Waals surface area contributed by atoms with Gasteiger partial charge in [-0.3, -0.25) is 4.79 Å². The Morgan fingerprint density at radius 1 is 0.929 bits per heavy atom. The van der Waals surface area contributed by atoms with Crippen LogP contribution in [0.15, 0.2) is 78.2 Å². The van der Waals surface area contributed by atoms with Crippen molar-refractivity contribution in [2.45, 2.75) is 5.60 Å². The van der Waals surface area contributed by atoms with Crippen molar-refractivity contribution >= 4 is 35.3 Å². The highest BCUT2D eigenvalue weighted by atomic mass is 35.5. The predicted octanol–water partition coefficient (Wildman–Crippen LogP) is 4.00. The zero-order valence-electron chi connectivity index (χ0n) is 16.0. The van der Waals surface area contributed by atoms with E-state index in [0.717, 1.165) is 5.69 Å². The molecule has 0 radical (unpaired) electrons. The third-order valence-corrected chi connectivity index (χ3v) is 5.44. The van der Waals surface area contributed by atoms with E-state index in [4.69, 9.17) is 0 Å². The lowest BCUT2D eigenvalue weighted by Crippen LogP contribution is -2.49. The molecule has 0 spiro atoms. The fourth-order valence-corrected chi connectivity index (χ4v) is 3.82. The molecule has 1 N–H and O–H groups in total. The van der Waals surface area contributed by atoms with Crippen LogP contribution in [-0.2, 0) is 10.4 Å². The second-order valence-electron chi connectivity index (χ2n) is 6.65. The minimum absolute atomic E-state index is 0. The van der Waals surface area contributed by atoms with Crippen LogP contribution in [0.1, 0.15) is 10.4 Å². The normalized spacial score (nSPS) is 12.9. The number of nitrogens with zero attached hydrogens (tertiary/aromatic N) is 2. The molecule has 148 valence electrons. The standard InChI is InChI=1S/C22H24N2O2S.ClH/c1-23(2)15-16-24(19-12-7-4-8-13-19)21(25)22(26,20-14-9-17-27-20)18-10-5-3-6-11-18;/h3-14,17,26H,15-16H2,1-2H3;1H. The summed E-state index contributed by atoms with van der Waals surface area (Å²) in [6, 6.07) is 22.3. The maximum absolute atomic E-state index is 13.7. The van der Waals surface area contributed by atoms with Crippen LogP contribution < -0.4 is 4.90 Å². The first kappa shape index (κ1) is 22.1. The van der Waals surface area contributed by atoms with Gasteiger partial charge in [0.2, 0.25) is 5.60 Å². The van der Waals surface area contributed by atoms with E-state index in [1.54, 1.807) is 17.0 Å². The lowest BCUT2D eigenvalue weighted by molar-refractivity contribution is -0.133. The molecule has 6 heteroatoms. The van der Waals surface area contributed by atoms with Crippen LogP contribution >= 0.6 is 23.7 Å². The molecule has 1 unspecified atom stereocenters. The number of hydrogen-bond donors (Lipinski definition) is 1. The van der Waals surface area contributed by atoms with Crippen molar-refractivity contribution < 1.29 is 9.90 Å². The Morgan fingerprint density at radius 2 is 1.54 bits per heavy atom. The van der Waals surface area contributed by atoms with E-state index in [-0.39, 0.29) is 18.3 Å². The van der Waals surface area contributed by atoms with Crippen LogP contribution in [-0.4, -0.2) is 43.1 Å². The zero-order valence-corrected chi connectivity index (χ0v) is 17.6. The Labute approximate surface area is 176 Å². The quantitative estimate of drug-likeness (QED) is 0.633. The van der Waals surface area contributed by atoms with Crippen molar-refractivity contribution in [1.82, 2.24) is 4.90 Å². The first-order valence-electron chi connectivity index (χ1n) is 8.87. The zero-order chi connectivity index (χ0) is 19.3. The van der Waals surface area contributed by atoms with Crippen LogP contribution in [0.2, 0.25) is 0 Å². The van der Waals surface area contributed by atoms with Crippen molar-refractivity contribution in [2.24, 2.45) is 0 Å². The first-order chi connectivity index (χ1) is 13.0. The van der Waals surface area contributed by atoms with Crippen molar-refractivity contribution in [1.29, 1.82) is 0 Å². The molecule has 1 aromatic heterocycles. The fourth-order valence-electron chi connectivity index (χ4n) is 2.99. The number of aliphatic hydroxyl groups is 1. The van der Waals surface area contributed by atoms with E-state index in [0.29, 0.717) is 23.5 Å². The van der Waals surface area contributed by atoms with Gasteiger partial charge in [-0.1, -0.05) is 54.6 Å². The van der Waals surface area contributed by atoms with E-state index < -0.39 is 5.60 Å². The third kappa shape index (κ3) is 4.62. The number of thiophene rings is 1. The van der Waals surface area contributed by atoms with Crippen LogP contribution in [0.4, 0.5) is 5.69 Å². The molecule has 3 aromatic rings. The summed E-state index contributed by atoms with van der Waals surface area (Å²) in [6.45, 7) is 1.17. The monoisotopic (exact) mass is 416 g/mol. The predicted molar refractivity (Wildman–Crippen MR) is 118 cm³/mol. The minimum atomic E-state index is -1.72. The molecule has 0 saturated carbocycles. The number of benzene rings is 2. The van der Waals surface area contributed by atoms with Gasteiger partial charge in [0.05, 0.1) is 4.88 Å². The summed E-state index contributed by atoms with van der Waals surface area (Å²) in [7, 11) is 3.94. The van der Waals surface area contributed by atoms with E-state index >= 15 is 0 Å². The van der Waals surface area contributed by atoms with Crippen LogP contribution in [0.25, 0.3) is 0 Å². The highest BCUT2D eigenvalue weighted by Gasteiger charge is 2.44. The van der Waals surface area contributed by atoms with Gasteiger partial charge in [-0.2, -0.15) is 0 Å². The van der Waals surface area contributed by atoms with E-state index in [9.17, 15) is 9.90 Å². The molecular formula is C22H25ClN2O2S. The molecule has 0 fully saturated rings. The Balaban J connectivity index is 0.00000280. The second-order valence-corrected chi connectivity index (χ2v) is 7.60. The molecule has 0 aliphatic heterocycles. The van der Waals surface area contributed by atoms with Gasteiger partial charge in [-0.05, 0) is 43.2 Å². The van der Waals surface area contributed by atoms with Gasteiger partial charge in [0.15, 0.2) is 0 Å².